The van der Waals surface area contributed by atoms with Crippen molar-refractivity contribution in [3.63, 3.8) is 0 Å². The molecule has 0 aliphatic heterocycles. The molecule has 0 bridgehead atoms. The second kappa shape index (κ2) is 8.94. The van der Waals surface area contributed by atoms with Gasteiger partial charge in [0, 0.05) is 23.7 Å². The Bertz CT molecular complexity index is 1490. The van der Waals surface area contributed by atoms with Gasteiger partial charge in [-0.3, -0.25) is 15.1 Å². The number of hydrogen-bond donors (Lipinski definition) is 4. The van der Waals surface area contributed by atoms with E-state index in [1.807, 2.05) is 30.3 Å². The van der Waals surface area contributed by atoms with Gasteiger partial charge in [0.2, 0.25) is 5.95 Å². The van der Waals surface area contributed by atoms with Crippen molar-refractivity contribution in [3.8, 4) is 11.3 Å². The molecule has 10 heteroatoms. The van der Waals surface area contributed by atoms with Crippen LogP contribution >= 0.6 is 0 Å². The van der Waals surface area contributed by atoms with Crippen LogP contribution in [0.1, 0.15) is 15.9 Å². The van der Waals surface area contributed by atoms with Gasteiger partial charge in [-0.25, -0.2) is 14.5 Å². The number of carbonyl (C=O) groups excluding carboxylic acids is 1. The summed E-state index contributed by atoms with van der Waals surface area (Å²) in [6.45, 7) is 0.501. The van der Waals surface area contributed by atoms with E-state index in [4.69, 9.17) is 5.73 Å². The number of H-pyrrole nitrogens is 1. The van der Waals surface area contributed by atoms with Gasteiger partial charge in [0.05, 0.1) is 22.5 Å². The fourth-order valence-electron chi connectivity index (χ4n) is 3.49. The highest BCUT2D eigenvalue weighted by Crippen LogP contribution is 2.26. The van der Waals surface area contributed by atoms with Crippen molar-refractivity contribution in [1.29, 1.82) is 0 Å². The average molecular weight is 454 g/mol. The second-order valence-electron chi connectivity index (χ2n) is 7.50. The molecule has 0 atom stereocenters. The number of rotatable bonds is 6. The topological polar surface area (TPSA) is 134 Å². The van der Waals surface area contributed by atoms with Crippen molar-refractivity contribution in [3.05, 3.63) is 90.1 Å². The zero-order chi connectivity index (χ0) is 23.5. The number of hydrogen-bond acceptors (Lipinski definition) is 7. The standard InChI is InChI=1S/C24H19FN8O/c25-18-11-16(4-5-17(18)23(34)32-24-29-13-30-33-24)21-8-6-19(26)22(31-21)28-12-14-3-7-20-15(10-14)2-1-9-27-20/h1-11,13H,12,26H2,(H,28,31)(H2,29,30,32,33,34). The third-order valence-electron chi connectivity index (χ3n) is 5.21. The predicted molar refractivity (Wildman–Crippen MR) is 127 cm³/mol. The summed E-state index contributed by atoms with van der Waals surface area (Å²) in [6.07, 6.45) is 3.00. The Morgan fingerprint density at radius 2 is 1.97 bits per heavy atom. The molecule has 1 amide bonds. The smallest absolute Gasteiger partial charge is 0.260 e. The molecule has 3 aromatic heterocycles. The van der Waals surface area contributed by atoms with Crippen LogP contribution in [0.4, 0.5) is 21.8 Å². The highest BCUT2D eigenvalue weighted by atomic mass is 19.1. The van der Waals surface area contributed by atoms with E-state index in [0.29, 0.717) is 29.3 Å². The van der Waals surface area contributed by atoms with Crippen LogP contribution in [0.3, 0.4) is 0 Å². The fourth-order valence-corrected chi connectivity index (χ4v) is 3.49. The number of fused-ring (bicyclic) bond motifs is 1. The minimum absolute atomic E-state index is 0.125. The first-order valence-electron chi connectivity index (χ1n) is 10.4. The number of nitrogen functional groups attached to an aromatic ring is 1. The van der Waals surface area contributed by atoms with Crippen molar-refractivity contribution in [2.75, 3.05) is 16.4 Å². The number of pyridine rings is 2. The van der Waals surface area contributed by atoms with Gasteiger partial charge in [-0.1, -0.05) is 18.2 Å². The van der Waals surface area contributed by atoms with Crippen molar-refractivity contribution in [1.82, 2.24) is 25.1 Å². The third-order valence-corrected chi connectivity index (χ3v) is 5.21. The summed E-state index contributed by atoms with van der Waals surface area (Å²) >= 11 is 0. The van der Waals surface area contributed by atoms with Crippen molar-refractivity contribution >= 4 is 34.3 Å². The monoisotopic (exact) mass is 454 g/mol. The van der Waals surface area contributed by atoms with Gasteiger partial charge in [0.15, 0.2) is 0 Å². The van der Waals surface area contributed by atoms with Crippen LogP contribution < -0.4 is 16.4 Å². The third kappa shape index (κ3) is 4.37. The van der Waals surface area contributed by atoms with Crippen molar-refractivity contribution < 1.29 is 9.18 Å². The minimum atomic E-state index is -0.688. The molecular formula is C24H19FN8O. The van der Waals surface area contributed by atoms with E-state index in [1.54, 1.807) is 24.4 Å². The van der Waals surface area contributed by atoms with Crippen LogP contribution in [0.5, 0.6) is 0 Å². The zero-order valence-corrected chi connectivity index (χ0v) is 17.8. The van der Waals surface area contributed by atoms with Crippen molar-refractivity contribution in [2.24, 2.45) is 0 Å². The molecule has 0 unspecified atom stereocenters. The number of aromatic nitrogens is 5. The molecule has 34 heavy (non-hydrogen) atoms. The van der Waals surface area contributed by atoms with Gasteiger partial charge < -0.3 is 11.1 Å². The summed E-state index contributed by atoms with van der Waals surface area (Å²) < 4.78 is 14.7. The van der Waals surface area contributed by atoms with Gasteiger partial charge in [-0.2, -0.15) is 10.1 Å². The molecule has 3 heterocycles. The van der Waals surface area contributed by atoms with E-state index >= 15 is 0 Å². The lowest BCUT2D eigenvalue weighted by molar-refractivity contribution is 0.102. The van der Waals surface area contributed by atoms with Crippen molar-refractivity contribution in [2.45, 2.75) is 6.54 Å². The first kappa shape index (κ1) is 21.0. The Hall–Kier alpha value is -4.86. The number of nitrogens with zero attached hydrogens (tertiary/aromatic N) is 4. The maximum absolute atomic E-state index is 14.7. The lowest BCUT2D eigenvalue weighted by atomic mass is 10.1. The maximum Gasteiger partial charge on any atom is 0.260 e. The first-order valence-corrected chi connectivity index (χ1v) is 10.4. The Labute approximate surface area is 193 Å². The van der Waals surface area contributed by atoms with Crippen LogP contribution in [0.15, 0.2) is 73.2 Å². The van der Waals surface area contributed by atoms with Gasteiger partial charge >= 0.3 is 0 Å². The van der Waals surface area contributed by atoms with Gasteiger partial charge in [-0.05, 0) is 48.0 Å². The number of halogens is 1. The fraction of sp³-hybridized carbons (Fsp3) is 0.0417. The molecule has 0 aliphatic carbocycles. The SMILES string of the molecule is Nc1ccc(-c2ccc(C(=O)Nc3ncn[nH]3)c(F)c2)nc1NCc1ccc2ncccc2c1. The van der Waals surface area contributed by atoms with Crippen LogP contribution in [0.2, 0.25) is 0 Å². The number of anilines is 3. The molecule has 5 aromatic rings. The molecule has 0 radical (unpaired) electrons. The molecule has 0 spiro atoms. The van der Waals surface area contributed by atoms with Crippen LogP contribution in [-0.4, -0.2) is 31.1 Å². The second-order valence-corrected chi connectivity index (χ2v) is 7.50. The van der Waals surface area contributed by atoms with Gasteiger partial charge in [0.1, 0.15) is 18.0 Å². The maximum atomic E-state index is 14.7. The average Bonchev–Trinajstić information content (AvgIpc) is 3.36. The van der Waals surface area contributed by atoms with Gasteiger partial charge in [0.25, 0.3) is 5.91 Å². The summed E-state index contributed by atoms with van der Waals surface area (Å²) in [5.74, 6) is -0.713. The number of nitrogens with one attached hydrogen (secondary N) is 3. The number of aromatic amines is 1. The molecular weight excluding hydrogens is 435 g/mol. The number of amides is 1. The highest BCUT2D eigenvalue weighted by molar-refractivity contribution is 6.03. The molecule has 0 saturated heterocycles. The summed E-state index contributed by atoms with van der Waals surface area (Å²) in [5.41, 5.74) is 9.43. The Balaban J connectivity index is 1.34. The quantitative estimate of drug-likeness (QED) is 0.305. The Morgan fingerprint density at radius 3 is 2.79 bits per heavy atom. The number of nitrogens with two attached hydrogens (primary N) is 1. The molecule has 9 nitrogen and oxygen atoms in total. The Morgan fingerprint density at radius 1 is 1.06 bits per heavy atom. The molecule has 0 fully saturated rings. The molecule has 0 aliphatic rings. The number of carbonyl (C=O) groups is 1. The highest BCUT2D eigenvalue weighted by Gasteiger charge is 2.15. The molecule has 0 saturated carbocycles. The summed E-state index contributed by atoms with van der Waals surface area (Å²) in [4.78, 5) is 25.0. The molecule has 5 N–H and O–H groups in total. The lowest BCUT2D eigenvalue weighted by Crippen LogP contribution is -2.14. The summed E-state index contributed by atoms with van der Waals surface area (Å²) in [7, 11) is 0. The molecule has 2 aromatic carbocycles. The van der Waals surface area contributed by atoms with E-state index < -0.39 is 11.7 Å². The van der Waals surface area contributed by atoms with Crippen LogP contribution in [0, 0.1) is 5.82 Å². The number of benzene rings is 2. The predicted octanol–water partition coefficient (Wildman–Crippen LogP) is 4.00. The minimum Gasteiger partial charge on any atom is -0.396 e. The zero-order valence-electron chi connectivity index (χ0n) is 17.8. The van der Waals surface area contributed by atoms with E-state index in [2.05, 4.69) is 35.8 Å². The largest absolute Gasteiger partial charge is 0.396 e. The van der Waals surface area contributed by atoms with E-state index in [-0.39, 0.29) is 11.5 Å². The van der Waals surface area contributed by atoms with E-state index in [0.717, 1.165) is 16.5 Å². The first-order chi connectivity index (χ1) is 16.6. The Kier molecular flexibility index (Phi) is 5.53. The lowest BCUT2D eigenvalue weighted by Gasteiger charge is -2.12. The summed E-state index contributed by atoms with van der Waals surface area (Å²) in [5, 5.41) is 12.9. The molecule has 5 rings (SSSR count). The molecule has 168 valence electrons. The summed E-state index contributed by atoms with van der Waals surface area (Å²) in [6, 6.07) is 17.6. The normalized spacial score (nSPS) is 10.9. The van der Waals surface area contributed by atoms with Gasteiger partial charge in [-0.15, -0.1) is 0 Å². The van der Waals surface area contributed by atoms with Crippen LogP contribution in [-0.2, 0) is 6.54 Å². The van der Waals surface area contributed by atoms with E-state index in [1.165, 1.54) is 18.5 Å². The van der Waals surface area contributed by atoms with Crippen LogP contribution in [0.25, 0.3) is 22.2 Å². The van der Waals surface area contributed by atoms with E-state index in [9.17, 15) is 9.18 Å².